The van der Waals surface area contributed by atoms with Crippen molar-refractivity contribution in [2.75, 3.05) is 13.1 Å². The summed E-state index contributed by atoms with van der Waals surface area (Å²) >= 11 is 0. The van der Waals surface area contributed by atoms with Crippen LogP contribution in [-0.4, -0.2) is 46.8 Å². The van der Waals surface area contributed by atoms with Crippen LogP contribution in [-0.2, 0) is 16.0 Å². The van der Waals surface area contributed by atoms with Gasteiger partial charge in [-0.3, -0.25) is 9.59 Å². The average Bonchev–Trinajstić information content (AvgIpc) is 3.63. The number of rotatable bonds is 9. The molecule has 3 aliphatic rings. The maximum absolute atomic E-state index is 13.6. The minimum atomic E-state index is -0.536. The zero-order valence-corrected chi connectivity index (χ0v) is 21.4. The third-order valence-electron chi connectivity index (χ3n) is 7.97. The number of amides is 2. The third kappa shape index (κ3) is 5.07. The van der Waals surface area contributed by atoms with Crippen LogP contribution in [0, 0.1) is 5.92 Å². The van der Waals surface area contributed by atoms with Crippen LogP contribution in [0.3, 0.4) is 0 Å². The number of hydrogen-bond acceptors (Lipinski definition) is 3. The molecule has 2 aromatic rings. The van der Waals surface area contributed by atoms with Crippen molar-refractivity contribution in [3.63, 3.8) is 0 Å². The Morgan fingerprint density at radius 2 is 1.86 bits per heavy atom. The predicted molar refractivity (Wildman–Crippen MR) is 142 cm³/mol. The molecule has 2 saturated carbocycles. The molecule has 2 unspecified atom stereocenters. The number of carbonyl (C=O) groups is 2. The number of hydrogen-bond donors (Lipinski definition) is 0. The van der Waals surface area contributed by atoms with Crippen molar-refractivity contribution in [1.82, 2.24) is 9.80 Å². The Balaban J connectivity index is 1.43. The Morgan fingerprint density at radius 1 is 1.11 bits per heavy atom. The molecule has 0 radical (unpaired) electrons. The number of ether oxygens (including phenoxy) is 1. The molecule has 2 aromatic carbocycles. The van der Waals surface area contributed by atoms with Crippen molar-refractivity contribution in [1.29, 1.82) is 0 Å². The van der Waals surface area contributed by atoms with Crippen molar-refractivity contribution in [2.24, 2.45) is 5.92 Å². The van der Waals surface area contributed by atoms with Crippen LogP contribution in [0.25, 0.3) is 0 Å². The molecule has 1 heterocycles. The predicted octanol–water partition coefficient (Wildman–Crippen LogP) is 5.69. The maximum atomic E-state index is 13.6. The number of fused-ring (bicyclic) bond motifs is 1. The first-order valence-electron chi connectivity index (χ1n) is 13.7. The molecule has 5 rings (SSSR count). The monoisotopic (exact) mass is 486 g/mol. The second-order valence-electron chi connectivity index (χ2n) is 10.5. The highest BCUT2D eigenvalue weighted by molar-refractivity contribution is 5.83. The van der Waals surface area contributed by atoms with Gasteiger partial charge in [-0.2, -0.15) is 0 Å². The van der Waals surface area contributed by atoms with Gasteiger partial charge in [0.25, 0.3) is 5.91 Å². The quantitative estimate of drug-likeness (QED) is 0.428. The third-order valence-corrected chi connectivity index (χ3v) is 7.97. The second-order valence-corrected chi connectivity index (χ2v) is 10.5. The van der Waals surface area contributed by atoms with Crippen LogP contribution in [0.1, 0.15) is 74.6 Å². The van der Waals surface area contributed by atoms with Gasteiger partial charge in [-0.15, -0.1) is 6.58 Å². The molecule has 2 fully saturated rings. The lowest BCUT2D eigenvalue weighted by Gasteiger charge is -2.38. The topological polar surface area (TPSA) is 49.9 Å². The summed E-state index contributed by atoms with van der Waals surface area (Å²) in [7, 11) is 0. The van der Waals surface area contributed by atoms with Gasteiger partial charge in [0.2, 0.25) is 5.91 Å². The molecule has 190 valence electrons. The molecule has 0 saturated heterocycles. The fourth-order valence-electron chi connectivity index (χ4n) is 5.90. The Labute approximate surface area is 215 Å². The fourth-order valence-corrected chi connectivity index (χ4v) is 5.90. The first kappa shape index (κ1) is 24.6. The van der Waals surface area contributed by atoms with Crippen molar-refractivity contribution in [3.05, 3.63) is 77.9 Å². The van der Waals surface area contributed by atoms with E-state index >= 15 is 0 Å². The van der Waals surface area contributed by atoms with Crippen LogP contribution in [0.5, 0.6) is 5.75 Å². The van der Waals surface area contributed by atoms with Gasteiger partial charge < -0.3 is 14.5 Å². The first-order valence-corrected chi connectivity index (χ1v) is 13.7. The van der Waals surface area contributed by atoms with Crippen molar-refractivity contribution in [3.8, 4) is 5.75 Å². The van der Waals surface area contributed by atoms with Crippen molar-refractivity contribution >= 4 is 11.8 Å². The maximum Gasteiger partial charge on any atom is 0.264 e. The fraction of sp³-hybridized carbons (Fsp3) is 0.484. The summed E-state index contributed by atoms with van der Waals surface area (Å²) < 4.78 is 6.39. The summed E-state index contributed by atoms with van der Waals surface area (Å²) in [4.78, 5) is 30.8. The molecular formula is C31H38N2O3. The number of carbonyl (C=O) groups excluding carboxylic acids is 2. The minimum Gasteiger partial charge on any atom is -0.481 e. The molecule has 1 aliphatic heterocycles. The van der Waals surface area contributed by atoms with Crippen LogP contribution in [0.2, 0.25) is 0 Å². The highest BCUT2D eigenvalue weighted by Crippen LogP contribution is 2.41. The van der Waals surface area contributed by atoms with Gasteiger partial charge in [-0.25, -0.2) is 0 Å². The minimum absolute atomic E-state index is 0.0483. The van der Waals surface area contributed by atoms with E-state index in [0.29, 0.717) is 18.7 Å². The molecule has 2 atom stereocenters. The molecule has 2 amide bonds. The lowest BCUT2D eigenvalue weighted by Crippen LogP contribution is -2.46. The highest BCUT2D eigenvalue weighted by atomic mass is 16.5. The van der Waals surface area contributed by atoms with E-state index in [1.807, 2.05) is 42.2 Å². The summed E-state index contributed by atoms with van der Waals surface area (Å²) in [5.41, 5.74) is 3.47. The second kappa shape index (κ2) is 10.9. The Morgan fingerprint density at radius 3 is 2.53 bits per heavy atom. The Bertz CT molecular complexity index is 1090. The van der Waals surface area contributed by atoms with E-state index < -0.39 is 6.10 Å². The first-order chi connectivity index (χ1) is 17.6. The van der Waals surface area contributed by atoms with Gasteiger partial charge in [-0.1, -0.05) is 62.2 Å². The zero-order valence-electron chi connectivity index (χ0n) is 21.4. The molecule has 0 spiro atoms. The van der Waals surface area contributed by atoms with E-state index in [4.69, 9.17) is 4.74 Å². The van der Waals surface area contributed by atoms with E-state index in [2.05, 4.69) is 35.7 Å². The summed E-state index contributed by atoms with van der Waals surface area (Å²) in [5, 5.41) is 0. The lowest BCUT2D eigenvalue weighted by atomic mass is 9.87. The van der Waals surface area contributed by atoms with Gasteiger partial charge in [0, 0.05) is 25.0 Å². The molecule has 2 aliphatic carbocycles. The Hall–Kier alpha value is -3.08. The van der Waals surface area contributed by atoms with Crippen LogP contribution in [0.4, 0.5) is 0 Å². The normalized spacial score (nSPS) is 20.5. The van der Waals surface area contributed by atoms with E-state index in [1.54, 1.807) is 0 Å². The van der Waals surface area contributed by atoms with Crippen LogP contribution in [0.15, 0.2) is 61.2 Å². The SMILES string of the molecule is C=CCN(C(=O)C(CC)Oc1ccc2c(c1)C(c1ccccc1)N(C(=O)C1CC1)CC2)C1CCCC1. The zero-order chi connectivity index (χ0) is 25.1. The van der Waals surface area contributed by atoms with E-state index in [0.717, 1.165) is 49.8 Å². The number of benzene rings is 2. The largest absolute Gasteiger partial charge is 0.481 e. The molecule has 0 aromatic heterocycles. The van der Waals surface area contributed by atoms with Crippen molar-refractivity contribution in [2.45, 2.75) is 76.5 Å². The smallest absolute Gasteiger partial charge is 0.264 e. The van der Waals surface area contributed by atoms with E-state index in [-0.39, 0.29) is 29.8 Å². The van der Waals surface area contributed by atoms with Crippen LogP contribution >= 0.6 is 0 Å². The van der Waals surface area contributed by atoms with E-state index in [1.165, 1.54) is 18.4 Å². The molecule has 5 nitrogen and oxygen atoms in total. The average molecular weight is 487 g/mol. The number of nitrogens with zero attached hydrogens (tertiary/aromatic N) is 2. The summed E-state index contributed by atoms with van der Waals surface area (Å²) in [6.07, 6.45) is 9.16. The molecule has 0 N–H and O–H groups in total. The molecule has 5 heteroatoms. The van der Waals surface area contributed by atoms with Gasteiger partial charge in [-0.05, 0) is 67.3 Å². The summed E-state index contributed by atoms with van der Waals surface area (Å²) in [6, 6.07) is 16.6. The Kier molecular flexibility index (Phi) is 7.45. The van der Waals surface area contributed by atoms with Gasteiger partial charge >= 0.3 is 0 Å². The van der Waals surface area contributed by atoms with Gasteiger partial charge in [0.15, 0.2) is 6.10 Å². The lowest BCUT2D eigenvalue weighted by molar-refractivity contribution is -0.140. The van der Waals surface area contributed by atoms with Gasteiger partial charge in [0.05, 0.1) is 6.04 Å². The van der Waals surface area contributed by atoms with Crippen molar-refractivity contribution < 1.29 is 14.3 Å². The standard InChI is InChI=1S/C31H38N2O3/c1-3-19-32(25-12-8-9-13-25)31(35)28(4-2)36-26-17-16-22-18-20-33(30(34)24-14-15-24)29(27(22)21-26)23-10-6-5-7-11-23/h3,5-7,10-11,16-17,21,24-25,28-29H,1,4,8-9,12-15,18-20H2,2H3. The summed E-state index contributed by atoms with van der Waals surface area (Å²) in [6.45, 7) is 7.17. The highest BCUT2D eigenvalue weighted by Gasteiger charge is 2.40. The summed E-state index contributed by atoms with van der Waals surface area (Å²) in [5.74, 6) is 1.18. The molecule has 36 heavy (non-hydrogen) atoms. The van der Waals surface area contributed by atoms with Crippen LogP contribution < -0.4 is 4.74 Å². The van der Waals surface area contributed by atoms with Gasteiger partial charge in [0.1, 0.15) is 5.75 Å². The van der Waals surface area contributed by atoms with E-state index in [9.17, 15) is 9.59 Å². The molecular weight excluding hydrogens is 448 g/mol. The molecule has 0 bridgehead atoms.